The van der Waals surface area contributed by atoms with Crippen molar-refractivity contribution in [1.29, 1.82) is 0 Å². The maximum atomic E-state index is 8.34. The Balaban J connectivity index is 0.000001000. The molecule has 0 bridgehead atoms. The summed E-state index contributed by atoms with van der Waals surface area (Å²) in [5, 5.41) is 16.7. The summed E-state index contributed by atoms with van der Waals surface area (Å²) in [6.45, 7) is 0. The zero-order valence-electron chi connectivity index (χ0n) is 5.27. The van der Waals surface area contributed by atoms with Gasteiger partial charge in [0.2, 0.25) is 0 Å². The van der Waals surface area contributed by atoms with Gasteiger partial charge in [-0.15, -0.1) is 0 Å². The molecule has 0 unspecified atom stereocenters. The van der Waals surface area contributed by atoms with E-state index in [0.717, 1.165) is 0 Å². The van der Waals surface area contributed by atoms with Crippen LogP contribution in [-0.2, 0) is 0 Å². The summed E-state index contributed by atoms with van der Waals surface area (Å²) in [6.07, 6.45) is 0. The van der Waals surface area contributed by atoms with Crippen LogP contribution in [0.25, 0.3) is 0 Å². The fourth-order valence-electron chi connectivity index (χ4n) is 0.621. The van der Waals surface area contributed by atoms with Crippen molar-refractivity contribution in [3.05, 3.63) is 30.3 Å². The summed E-state index contributed by atoms with van der Waals surface area (Å²) >= 11 is 0. The first-order valence-electron chi connectivity index (χ1n) is 2.87. The molecule has 1 aromatic rings. The molecule has 0 amide bonds. The molecular weight excluding hydrogens is 264 g/mol. The van der Waals surface area contributed by atoms with Gasteiger partial charge in [-0.1, -0.05) is 18.2 Å². The summed E-state index contributed by atoms with van der Waals surface area (Å²) in [6, 6.07) is 8.59. The molecule has 0 aliphatic heterocycles. The van der Waals surface area contributed by atoms with Crippen LogP contribution >= 0.6 is 0 Å². The van der Waals surface area contributed by atoms with Crippen LogP contribution in [0, 0.1) is 0 Å². The Morgan fingerprint density at radius 3 is 2.09 bits per heavy atom. The van der Waals surface area contributed by atoms with Crippen LogP contribution in [0.5, 0.6) is 5.75 Å². The molecule has 2 N–H and O–H groups in total. The van der Waals surface area contributed by atoms with Crippen molar-refractivity contribution >= 4 is 76.2 Å². The van der Waals surface area contributed by atoms with Gasteiger partial charge in [0.1, 0.15) is 5.75 Å². The first kappa shape index (κ1) is 12.1. The quantitative estimate of drug-likeness (QED) is 0.706. The van der Waals surface area contributed by atoms with Crippen molar-refractivity contribution < 1.29 is 14.7 Å². The van der Waals surface area contributed by atoms with Crippen LogP contribution in [0.15, 0.2) is 30.3 Å². The van der Waals surface area contributed by atoms with Crippen LogP contribution in [0.2, 0.25) is 0 Å². The van der Waals surface area contributed by atoms with Crippen molar-refractivity contribution in [1.82, 2.24) is 0 Å². The summed E-state index contributed by atoms with van der Waals surface area (Å²) in [5.74, 6) is 0.442. The molecule has 0 radical (unpaired) electrons. The second kappa shape index (κ2) is 6.56. The molecule has 5 heteroatoms. The van der Waals surface area contributed by atoms with E-state index in [-0.39, 0.29) is 68.9 Å². The fourth-order valence-corrected chi connectivity index (χ4v) is 0.621. The minimum atomic E-state index is -1.73. The van der Waals surface area contributed by atoms with Gasteiger partial charge in [0.25, 0.3) is 0 Å². The third-order valence-electron chi connectivity index (χ3n) is 0.985. The zero-order chi connectivity index (χ0) is 7.40. The molecule has 0 spiro atoms. The molecule has 1 aromatic carbocycles. The van der Waals surface area contributed by atoms with Gasteiger partial charge in [0.15, 0.2) is 0 Å². The molecular formula is C6H8BCsO3. The first-order chi connectivity index (χ1) is 4.79. The van der Waals surface area contributed by atoms with Crippen molar-refractivity contribution in [2.45, 2.75) is 0 Å². The van der Waals surface area contributed by atoms with Gasteiger partial charge in [0.05, 0.1) is 0 Å². The van der Waals surface area contributed by atoms with E-state index in [1.54, 1.807) is 24.3 Å². The van der Waals surface area contributed by atoms with Crippen molar-refractivity contribution in [3.8, 4) is 5.75 Å². The number of benzene rings is 1. The second-order valence-electron chi connectivity index (χ2n) is 1.76. The number of rotatable bonds is 2. The first-order valence-corrected chi connectivity index (χ1v) is 2.87. The Morgan fingerprint density at radius 1 is 1.09 bits per heavy atom. The predicted molar refractivity (Wildman–Crippen MR) is 44.4 cm³/mol. The molecule has 54 valence electrons. The van der Waals surface area contributed by atoms with E-state index in [1.807, 2.05) is 6.07 Å². The average molecular weight is 272 g/mol. The Kier molecular flexibility index (Phi) is 7.19. The Bertz CT molecular complexity index is 192. The van der Waals surface area contributed by atoms with Crippen molar-refractivity contribution in [2.24, 2.45) is 0 Å². The summed E-state index contributed by atoms with van der Waals surface area (Å²) < 4.78 is 4.53. The van der Waals surface area contributed by atoms with Crippen molar-refractivity contribution in [2.75, 3.05) is 0 Å². The van der Waals surface area contributed by atoms with Gasteiger partial charge in [-0.2, -0.15) is 0 Å². The second-order valence-corrected chi connectivity index (χ2v) is 1.76. The summed E-state index contributed by atoms with van der Waals surface area (Å²) in [5.41, 5.74) is 0. The Morgan fingerprint density at radius 2 is 1.64 bits per heavy atom. The molecule has 11 heavy (non-hydrogen) atoms. The number of hydrogen-bond acceptors (Lipinski definition) is 3. The van der Waals surface area contributed by atoms with Crippen LogP contribution < -0.4 is 4.65 Å². The molecule has 0 saturated heterocycles. The third kappa shape index (κ3) is 5.32. The predicted octanol–water partition coefficient (Wildman–Crippen LogP) is -0.614. The van der Waals surface area contributed by atoms with Crippen molar-refractivity contribution in [3.63, 3.8) is 0 Å². The normalized spacial score (nSPS) is 8.18. The molecule has 0 fully saturated rings. The summed E-state index contributed by atoms with van der Waals surface area (Å²) in [7, 11) is -1.73. The van der Waals surface area contributed by atoms with E-state index in [2.05, 4.69) is 4.65 Å². The van der Waals surface area contributed by atoms with Gasteiger partial charge in [-0.05, 0) is 12.1 Å². The fraction of sp³-hybridized carbons (Fsp3) is 0. The molecule has 0 saturated carbocycles. The van der Waals surface area contributed by atoms with Gasteiger partial charge in [-0.3, -0.25) is 0 Å². The molecule has 1 rings (SSSR count). The zero-order valence-corrected chi connectivity index (χ0v) is 5.27. The summed E-state index contributed by atoms with van der Waals surface area (Å²) in [4.78, 5) is 0. The van der Waals surface area contributed by atoms with Crippen LogP contribution in [0.3, 0.4) is 0 Å². The standard InChI is InChI=1S/C6H7BO3.Cs.H/c8-7(9)10-6-4-2-1-3-5-6;;/h1-5,8-9H;;. The number of hydrogen-bond donors (Lipinski definition) is 2. The van der Waals surface area contributed by atoms with Crippen LogP contribution in [-0.4, -0.2) is 86.3 Å². The van der Waals surface area contributed by atoms with Gasteiger partial charge in [-0.25, -0.2) is 0 Å². The minimum absolute atomic E-state index is 0. The van der Waals surface area contributed by atoms with Gasteiger partial charge < -0.3 is 14.7 Å². The molecule has 0 aliphatic rings. The maximum absolute atomic E-state index is 8.34. The Labute approximate surface area is 124 Å². The molecule has 0 heterocycles. The Hall–Kier alpha value is 1.06. The monoisotopic (exact) mass is 272 g/mol. The van der Waals surface area contributed by atoms with Gasteiger partial charge in [0, 0.05) is 0 Å². The van der Waals surface area contributed by atoms with Crippen LogP contribution in [0.1, 0.15) is 0 Å². The SMILES string of the molecule is OB(O)Oc1ccccc1.[CsH]. The van der Waals surface area contributed by atoms with E-state index in [0.29, 0.717) is 5.75 Å². The van der Waals surface area contributed by atoms with E-state index < -0.39 is 7.32 Å². The van der Waals surface area contributed by atoms with Gasteiger partial charge >= 0.3 is 76.2 Å². The van der Waals surface area contributed by atoms with E-state index in [9.17, 15) is 0 Å². The van der Waals surface area contributed by atoms with Crippen LogP contribution in [0.4, 0.5) is 0 Å². The molecule has 0 aliphatic carbocycles. The molecule has 3 nitrogen and oxygen atoms in total. The van der Waals surface area contributed by atoms with E-state index in [4.69, 9.17) is 10.0 Å². The molecule has 0 aromatic heterocycles. The topological polar surface area (TPSA) is 49.7 Å². The van der Waals surface area contributed by atoms with E-state index in [1.165, 1.54) is 0 Å². The number of para-hydroxylation sites is 1. The average Bonchev–Trinajstić information content (AvgIpc) is 1.88. The molecule has 0 atom stereocenters. The third-order valence-corrected chi connectivity index (χ3v) is 0.985. The van der Waals surface area contributed by atoms with E-state index >= 15 is 0 Å².